The van der Waals surface area contributed by atoms with E-state index in [0.29, 0.717) is 5.92 Å². The van der Waals surface area contributed by atoms with E-state index < -0.39 is 0 Å². The fourth-order valence-corrected chi connectivity index (χ4v) is 0.506. The van der Waals surface area contributed by atoms with Crippen molar-refractivity contribution in [3.8, 4) is 0 Å². The molecule has 0 rings (SSSR count). The highest BCUT2D eigenvalue weighted by Gasteiger charge is 2.06. The summed E-state index contributed by atoms with van der Waals surface area (Å²) in [5, 5.41) is 0. The highest BCUT2D eigenvalue weighted by molar-refractivity contribution is 5.53. The first-order chi connectivity index (χ1) is 3.72. The van der Waals surface area contributed by atoms with Gasteiger partial charge in [0, 0.05) is 5.92 Å². The Morgan fingerprint density at radius 1 is 1.50 bits per heavy atom. The van der Waals surface area contributed by atoms with Crippen LogP contribution in [0.15, 0.2) is 0 Å². The molecule has 0 fully saturated rings. The molecule has 0 amide bonds. The molecule has 1 nitrogen and oxygen atoms in total. The van der Waals surface area contributed by atoms with Gasteiger partial charge in [-0.05, 0) is 5.92 Å². The average molecular weight is 114 g/mol. The summed E-state index contributed by atoms with van der Waals surface area (Å²) < 4.78 is 0. The summed E-state index contributed by atoms with van der Waals surface area (Å²) >= 11 is 0. The Balaban J connectivity index is 3.44. The molecule has 1 heteroatoms. The molecule has 0 bridgehead atoms. The third-order valence-electron chi connectivity index (χ3n) is 1.76. The maximum Gasteiger partial charge on any atom is 0.123 e. The highest BCUT2D eigenvalue weighted by Crippen LogP contribution is 2.10. The molecule has 0 aliphatic carbocycles. The zero-order valence-electron chi connectivity index (χ0n) is 5.85. The van der Waals surface area contributed by atoms with E-state index in [-0.39, 0.29) is 5.92 Å². The molecule has 8 heavy (non-hydrogen) atoms. The molecule has 2 atom stereocenters. The SMILES string of the molecule is CC[C@H](C)[C@H](C)C=O. The van der Waals surface area contributed by atoms with Gasteiger partial charge in [0.25, 0.3) is 0 Å². The van der Waals surface area contributed by atoms with Crippen LogP contribution in [0.1, 0.15) is 27.2 Å². The number of rotatable bonds is 3. The summed E-state index contributed by atoms with van der Waals surface area (Å²) in [4.78, 5) is 10.1. The summed E-state index contributed by atoms with van der Waals surface area (Å²) in [6.45, 7) is 6.16. The second kappa shape index (κ2) is 3.65. The molecule has 0 saturated heterocycles. The molecule has 0 aliphatic heterocycles. The number of aldehydes is 1. The van der Waals surface area contributed by atoms with Crippen molar-refractivity contribution in [1.29, 1.82) is 0 Å². The summed E-state index contributed by atoms with van der Waals surface area (Å²) in [6, 6.07) is 0. The van der Waals surface area contributed by atoms with Crippen LogP contribution in [0, 0.1) is 11.8 Å². The van der Waals surface area contributed by atoms with E-state index in [9.17, 15) is 4.79 Å². The molecule has 0 aromatic carbocycles. The second-order valence-corrected chi connectivity index (χ2v) is 2.38. The molecule has 0 unspecified atom stereocenters. The Kier molecular flexibility index (Phi) is 3.49. The number of hydrogen-bond acceptors (Lipinski definition) is 1. The Morgan fingerprint density at radius 3 is 2.12 bits per heavy atom. The van der Waals surface area contributed by atoms with E-state index in [1.54, 1.807) is 0 Å². The standard InChI is InChI=1S/C7H14O/c1-4-6(2)7(3)5-8/h5-7H,4H2,1-3H3/t6-,7+/m0/s1. The smallest absolute Gasteiger partial charge is 0.123 e. The van der Waals surface area contributed by atoms with Crippen LogP contribution in [-0.2, 0) is 4.79 Å². The first kappa shape index (κ1) is 7.67. The minimum Gasteiger partial charge on any atom is -0.303 e. The lowest BCUT2D eigenvalue weighted by atomic mass is 9.95. The van der Waals surface area contributed by atoms with Crippen LogP contribution in [0.5, 0.6) is 0 Å². The number of carbonyl (C=O) groups is 1. The van der Waals surface area contributed by atoms with Crippen molar-refractivity contribution in [3.63, 3.8) is 0 Å². The van der Waals surface area contributed by atoms with Gasteiger partial charge < -0.3 is 4.79 Å². The van der Waals surface area contributed by atoms with Crippen LogP contribution < -0.4 is 0 Å². The van der Waals surface area contributed by atoms with Gasteiger partial charge in [-0.15, -0.1) is 0 Å². The first-order valence-corrected chi connectivity index (χ1v) is 3.17. The van der Waals surface area contributed by atoms with E-state index in [2.05, 4.69) is 13.8 Å². The molecule has 0 spiro atoms. The molecule has 0 aromatic heterocycles. The molecular weight excluding hydrogens is 100 g/mol. The maximum atomic E-state index is 10.1. The van der Waals surface area contributed by atoms with Gasteiger partial charge in [0.15, 0.2) is 0 Å². The highest BCUT2D eigenvalue weighted by atomic mass is 16.1. The monoisotopic (exact) mass is 114 g/mol. The summed E-state index contributed by atoms with van der Waals surface area (Å²) in [7, 11) is 0. The summed E-state index contributed by atoms with van der Waals surface area (Å²) in [5.74, 6) is 0.785. The van der Waals surface area contributed by atoms with Crippen molar-refractivity contribution < 1.29 is 4.79 Å². The van der Waals surface area contributed by atoms with Crippen molar-refractivity contribution in [1.82, 2.24) is 0 Å². The normalized spacial score (nSPS) is 17.4. The molecule has 0 radical (unpaired) electrons. The fraction of sp³-hybridized carbons (Fsp3) is 0.857. The number of carbonyl (C=O) groups excluding carboxylic acids is 1. The predicted octanol–water partition coefficient (Wildman–Crippen LogP) is 1.87. The summed E-state index contributed by atoms with van der Waals surface area (Å²) in [6.07, 6.45) is 2.12. The van der Waals surface area contributed by atoms with E-state index >= 15 is 0 Å². The van der Waals surface area contributed by atoms with Gasteiger partial charge in [0.1, 0.15) is 6.29 Å². The third-order valence-corrected chi connectivity index (χ3v) is 1.76. The average Bonchev–Trinajstić information content (AvgIpc) is 1.84. The van der Waals surface area contributed by atoms with Crippen molar-refractivity contribution in [2.24, 2.45) is 11.8 Å². The molecule has 0 heterocycles. The Bertz CT molecular complexity index is 68.8. The Labute approximate surface area is 51.1 Å². The topological polar surface area (TPSA) is 17.1 Å². The van der Waals surface area contributed by atoms with Gasteiger partial charge in [0.2, 0.25) is 0 Å². The largest absolute Gasteiger partial charge is 0.303 e. The van der Waals surface area contributed by atoms with Crippen LogP contribution in [0.3, 0.4) is 0 Å². The predicted molar refractivity (Wildman–Crippen MR) is 34.7 cm³/mol. The van der Waals surface area contributed by atoms with E-state index in [4.69, 9.17) is 0 Å². The third kappa shape index (κ3) is 2.10. The maximum absolute atomic E-state index is 10.1. The first-order valence-electron chi connectivity index (χ1n) is 3.17. The minimum absolute atomic E-state index is 0.236. The fourth-order valence-electron chi connectivity index (χ4n) is 0.506. The zero-order valence-corrected chi connectivity index (χ0v) is 5.85. The lowest BCUT2D eigenvalue weighted by Gasteiger charge is -2.09. The van der Waals surface area contributed by atoms with Gasteiger partial charge in [-0.25, -0.2) is 0 Å². The van der Waals surface area contributed by atoms with E-state index in [0.717, 1.165) is 12.7 Å². The van der Waals surface area contributed by atoms with Crippen molar-refractivity contribution in [2.75, 3.05) is 0 Å². The summed E-state index contributed by atoms with van der Waals surface area (Å²) in [5.41, 5.74) is 0. The Morgan fingerprint density at radius 2 is 2.00 bits per heavy atom. The molecule has 0 aromatic rings. The van der Waals surface area contributed by atoms with Gasteiger partial charge in [-0.2, -0.15) is 0 Å². The van der Waals surface area contributed by atoms with Crippen molar-refractivity contribution in [3.05, 3.63) is 0 Å². The molecule has 0 saturated carbocycles. The molecule has 0 aliphatic rings. The van der Waals surface area contributed by atoms with Gasteiger partial charge >= 0.3 is 0 Å². The van der Waals surface area contributed by atoms with Crippen LogP contribution >= 0.6 is 0 Å². The van der Waals surface area contributed by atoms with Gasteiger partial charge in [-0.3, -0.25) is 0 Å². The quantitative estimate of drug-likeness (QED) is 0.512. The van der Waals surface area contributed by atoms with Crippen LogP contribution in [0.25, 0.3) is 0 Å². The molecule has 48 valence electrons. The molecular formula is C7H14O. The van der Waals surface area contributed by atoms with Crippen molar-refractivity contribution in [2.45, 2.75) is 27.2 Å². The zero-order chi connectivity index (χ0) is 6.57. The van der Waals surface area contributed by atoms with E-state index in [1.165, 1.54) is 0 Å². The van der Waals surface area contributed by atoms with Crippen LogP contribution in [0.4, 0.5) is 0 Å². The minimum atomic E-state index is 0.236. The van der Waals surface area contributed by atoms with E-state index in [1.807, 2.05) is 6.92 Å². The van der Waals surface area contributed by atoms with Crippen molar-refractivity contribution >= 4 is 6.29 Å². The van der Waals surface area contributed by atoms with Crippen LogP contribution in [-0.4, -0.2) is 6.29 Å². The lowest BCUT2D eigenvalue weighted by Crippen LogP contribution is -2.06. The number of hydrogen-bond donors (Lipinski definition) is 0. The van der Waals surface area contributed by atoms with Gasteiger partial charge in [0.05, 0.1) is 0 Å². The second-order valence-electron chi connectivity index (χ2n) is 2.38. The van der Waals surface area contributed by atoms with Gasteiger partial charge in [-0.1, -0.05) is 27.2 Å². The van der Waals surface area contributed by atoms with Crippen LogP contribution in [0.2, 0.25) is 0 Å². The Hall–Kier alpha value is -0.330. The molecule has 0 N–H and O–H groups in total. The lowest BCUT2D eigenvalue weighted by molar-refractivity contribution is -0.111.